The van der Waals surface area contributed by atoms with E-state index in [4.69, 9.17) is 0 Å². The quantitative estimate of drug-likeness (QED) is 0.269. The van der Waals surface area contributed by atoms with Gasteiger partial charge >= 0.3 is 0 Å². The molecule has 28 heavy (non-hydrogen) atoms. The molecule has 0 saturated carbocycles. The monoisotopic (exact) mass is 382 g/mol. The Bertz CT molecular complexity index is 980. The Morgan fingerprint density at radius 1 is 1.14 bits per heavy atom. The van der Waals surface area contributed by atoms with Crippen LogP contribution in [0.1, 0.15) is 22.7 Å². The molecule has 144 valence electrons. The van der Waals surface area contributed by atoms with Crippen molar-refractivity contribution in [3.8, 4) is 0 Å². The summed E-state index contributed by atoms with van der Waals surface area (Å²) in [6.45, 7) is 1.22. The minimum absolute atomic E-state index is 0.0915. The Hall–Kier alpha value is -3.52. The van der Waals surface area contributed by atoms with E-state index in [1.165, 1.54) is 18.2 Å². The van der Waals surface area contributed by atoms with Crippen LogP contribution in [0.2, 0.25) is 0 Å². The van der Waals surface area contributed by atoms with Gasteiger partial charge in [-0.3, -0.25) is 19.7 Å². The third kappa shape index (κ3) is 3.25. The lowest BCUT2D eigenvalue weighted by atomic mass is 9.94. The van der Waals surface area contributed by atoms with Gasteiger partial charge in [0.05, 0.1) is 28.7 Å². The molecule has 8 heteroatoms. The highest BCUT2D eigenvalue weighted by molar-refractivity contribution is 6.46. The number of aryl methyl sites for hydroxylation is 1. The second-order valence-electron chi connectivity index (χ2n) is 6.40. The molecule has 3 rings (SSSR count). The fraction of sp³-hybridized carbons (Fsp3) is 0.200. The predicted octanol–water partition coefficient (Wildman–Crippen LogP) is 2.32. The van der Waals surface area contributed by atoms with Crippen LogP contribution in [0.25, 0.3) is 5.76 Å². The summed E-state index contributed by atoms with van der Waals surface area (Å²) in [5.74, 6) is -2.29. The average Bonchev–Trinajstić information content (AvgIpc) is 2.93. The Labute approximate surface area is 160 Å². The summed E-state index contributed by atoms with van der Waals surface area (Å²) in [6, 6.07) is 11.2. The number of aliphatic hydroxyl groups is 2. The van der Waals surface area contributed by atoms with E-state index in [0.29, 0.717) is 5.56 Å². The van der Waals surface area contributed by atoms with Gasteiger partial charge in [-0.25, -0.2) is 0 Å². The van der Waals surface area contributed by atoms with Gasteiger partial charge in [-0.2, -0.15) is 0 Å². The van der Waals surface area contributed by atoms with E-state index >= 15 is 0 Å². The first-order valence-corrected chi connectivity index (χ1v) is 8.56. The lowest BCUT2D eigenvalue weighted by Crippen LogP contribution is -2.32. The molecule has 2 N–H and O–H groups in total. The number of benzene rings is 2. The number of nitrogens with zero attached hydrogens (tertiary/aromatic N) is 2. The van der Waals surface area contributed by atoms with Crippen LogP contribution in [0.4, 0.5) is 5.69 Å². The predicted molar refractivity (Wildman–Crippen MR) is 100 cm³/mol. The zero-order chi connectivity index (χ0) is 20.4. The van der Waals surface area contributed by atoms with Gasteiger partial charge in [0.25, 0.3) is 17.4 Å². The van der Waals surface area contributed by atoms with Gasteiger partial charge in [0.15, 0.2) is 0 Å². The summed E-state index contributed by atoms with van der Waals surface area (Å²) in [7, 11) is 0. The number of likely N-dealkylation sites (tertiary alicyclic amines) is 1. The van der Waals surface area contributed by atoms with E-state index in [9.17, 15) is 29.9 Å². The van der Waals surface area contributed by atoms with Crippen LogP contribution in [0.3, 0.4) is 0 Å². The maximum Gasteiger partial charge on any atom is 0.295 e. The molecule has 1 amide bonds. The van der Waals surface area contributed by atoms with Gasteiger partial charge in [-0.15, -0.1) is 0 Å². The van der Waals surface area contributed by atoms with E-state index in [2.05, 4.69) is 0 Å². The van der Waals surface area contributed by atoms with Gasteiger partial charge in [0.2, 0.25) is 0 Å². The van der Waals surface area contributed by atoms with Crippen molar-refractivity contribution in [2.75, 3.05) is 13.2 Å². The second-order valence-corrected chi connectivity index (χ2v) is 6.40. The number of carbonyl (C=O) groups excluding carboxylic acids is 2. The van der Waals surface area contributed by atoms with Gasteiger partial charge < -0.3 is 15.1 Å². The van der Waals surface area contributed by atoms with Crippen LogP contribution < -0.4 is 0 Å². The van der Waals surface area contributed by atoms with E-state index < -0.39 is 35.0 Å². The first kappa shape index (κ1) is 19.2. The van der Waals surface area contributed by atoms with Crippen molar-refractivity contribution in [1.82, 2.24) is 4.90 Å². The highest BCUT2D eigenvalue weighted by Gasteiger charge is 2.47. The molecule has 0 bridgehead atoms. The fourth-order valence-electron chi connectivity index (χ4n) is 3.29. The number of amides is 1. The zero-order valence-corrected chi connectivity index (χ0v) is 15.0. The lowest BCUT2D eigenvalue weighted by molar-refractivity contribution is -0.385. The van der Waals surface area contributed by atoms with Crippen molar-refractivity contribution in [2.45, 2.75) is 13.0 Å². The molecule has 1 fully saturated rings. The van der Waals surface area contributed by atoms with Crippen LogP contribution in [0.15, 0.2) is 54.1 Å². The number of para-hydroxylation sites is 1. The average molecular weight is 382 g/mol. The van der Waals surface area contributed by atoms with Gasteiger partial charge in [0, 0.05) is 18.2 Å². The number of aliphatic hydroxyl groups excluding tert-OH is 2. The number of carbonyl (C=O) groups is 2. The summed E-state index contributed by atoms with van der Waals surface area (Å²) in [6.07, 6.45) is 0. The van der Waals surface area contributed by atoms with Gasteiger partial charge in [0.1, 0.15) is 5.76 Å². The molecular weight excluding hydrogens is 364 g/mol. The summed E-state index contributed by atoms with van der Waals surface area (Å²) in [5, 5.41) is 31.6. The van der Waals surface area contributed by atoms with Crippen molar-refractivity contribution < 1.29 is 24.7 Å². The summed E-state index contributed by atoms with van der Waals surface area (Å²) in [5.41, 5.74) is 0.821. The Morgan fingerprint density at radius 2 is 1.79 bits per heavy atom. The highest BCUT2D eigenvalue weighted by Crippen LogP contribution is 2.42. The molecule has 8 nitrogen and oxygen atoms in total. The molecule has 2 aromatic rings. The fourth-order valence-corrected chi connectivity index (χ4v) is 3.29. The summed E-state index contributed by atoms with van der Waals surface area (Å²) in [4.78, 5) is 37.1. The van der Waals surface area contributed by atoms with Crippen molar-refractivity contribution in [3.05, 3.63) is 80.9 Å². The van der Waals surface area contributed by atoms with Crippen LogP contribution in [0.5, 0.6) is 0 Å². The second kappa shape index (κ2) is 7.61. The molecule has 2 aromatic carbocycles. The van der Waals surface area contributed by atoms with Crippen molar-refractivity contribution in [1.29, 1.82) is 0 Å². The van der Waals surface area contributed by atoms with E-state index in [1.807, 2.05) is 6.92 Å². The molecule has 0 spiro atoms. The number of nitro benzene ring substituents is 1. The SMILES string of the molecule is Cc1ccc(C(O)=C2C(=O)C(=O)N(CCO)C2c2ccccc2[N+](=O)[O-])cc1. The largest absolute Gasteiger partial charge is 0.507 e. The highest BCUT2D eigenvalue weighted by atomic mass is 16.6. The standard InChI is InChI=1S/C20H18N2O6/c1-12-6-8-13(9-7-12)18(24)16-17(21(10-11-23)20(26)19(16)25)14-4-2-3-5-15(14)22(27)28/h2-9,17,23-24H,10-11H2,1H3. The maximum atomic E-state index is 12.7. The number of β-amino-alcohol motifs (C(OH)–C–C–N with tert-alkyl or cyclic N) is 1. The van der Waals surface area contributed by atoms with E-state index in [-0.39, 0.29) is 23.4 Å². The Balaban J connectivity index is 2.26. The van der Waals surface area contributed by atoms with Crippen LogP contribution >= 0.6 is 0 Å². The molecule has 1 saturated heterocycles. The van der Waals surface area contributed by atoms with Gasteiger partial charge in [-0.05, 0) is 13.0 Å². The zero-order valence-electron chi connectivity index (χ0n) is 15.0. The Kier molecular flexibility index (Phi) is 5.23. The molecular formula is C20H18N2O6. The van der Waals surface area contributed by atoms with Gasteiger partial charge in [-0.1, -0.05) is 42.0 Å². The molecule has 0 aliphatic carbocycles. The van der Waals surface area contributed by atoms with Crippen molar-refractivity contribution >= 4 is 23.1 Å². The van der Waals surface area contributed by atoms with Crippen LogP contribution in [0, 0.1) is 17.0 Å². The first-order chi connectivity index (χ1) is 13.4. The minimum Gasteiger partial charge on any atom is -0.507 e. The first-order valence-electron chi connectivity index (χ1n) is 8.56. The normalized spacial score (nSPS) is 18.5. The van der Waals surface area contributed by atoms with Crippen LogP contribution in [-0.4, -0.2) is 44.9 Å². The number of hydrogen-bond acceptors (Lipinski definition) is 6. The lowest BCUT2D eigenvalue weighted by Gasteiger charge is -2.24. The number of rotatable bonds is 5. The number of Topliss-reactive ketones (excluding diaryl/α,β-unsaturated/α-hetero) is 1. The summed E-state index contributed by atoms with van der Waals surface area (Å²) >= 11 is 0. The molecule has 0 radical (unpaired) electrons. The molecule has 1 aliphatic heterocycles. The smallest absolute Gasteiger partial charge is 0.295 e. The Morgan fingerprint density at radius 3 is 2.39 bits per heavy atom. The van der Waals surface area contributed by atoms with Crippen molar-refractivity contribution in [2.24, 2.45) is 0 Å². The third-order valence-electron chi connectivity index (χ3n) is 4.63. The van der Waals surface area contributed by atoms with Crippen LogP contribution in [-0.2, 0) is 9.59 Å². The minimum atomic E-state index is -1.17. The summed E-state index contributed by atoms with van der Waals surface area (Å²) < 4.78 is 0. The van der Waals surface area contributed by atoms with E-state index in [0.717, 1.165) is 10.5 Å². The van der Waals surface area contributed by atoms with E-state index in [1.54, 1.807) is 30.3 Å². The molecule has 1 atom stereocenters. The third-order valence-corrected chi connectivity index (χ3v) is 4.63. The molecule has 1 unspecified atom stereocenters. The van der Waals surface area contributed by atoms with Crippen molar-refractivity contribution in [3.63, 3.8) is 0 Å². The molecule has 0 aromatic heterocycles. The molecule has 1 aliphatic rings. The number of nitro groups is 1. The number of hydrogen-bond donors (Lipinski definition) is 2. The number of ketones is 1. The maximum absolute atomic E-state index is 12.7. The topological polar surface area (TPSA) is 121 Å². The molecule has 1 heterocycles.